The molecule has 1 N–H and O–H groups in total. The summed E-state index contributed by atoms with van der Waals surface area (Å²) in [5.74, 6) is 0.777. The second kappa shape index (κ2) is 4.28. The Labute approximate surface area is 89.0 Å². The highest BCUT2D eigenvalue weighted by Gasteiger charge is 2.22. The molecule has 3 nitrogen and oxygen atoms in total. The quantitative estimate of drug-likeness (QED) is 0.831. The van der Waals surface area contributed by atoms with E-state index in [1.807, 2.05) is 13.2 Å². The minimum absolute atomic E-state index is 0.0220. The van der Waals surface area contributed by atoms with E-state index >= 15 is 0 Å². The van der Waals surface area contributed by atoms with Gasteiger partial charge in [-0.3, -0.25) is 0 Å². The van der Waals surface area contributed by atoms with Gasteiger partial charge < -0.3 is 5.11 Å². The van der Waals surface area contributed by atoms with Crippen molar-refractivity contribution in [3.05, 3.63) is 23.3 Å². The molecule has 0 saturated carbocycles. The van der Waals surface area contributed by atoms with Crippen molar-refractivity contribution >= 4 is 11.8 Å². The van der Waals surface area contributed by atoms with Crippen LogP contribution in [0.3, 0.4) is 0 Å². The van der Waals surface area contributed by atoms with Gasteiger partial charge in [0.05, 0.1) is 17.0 Å². The molecule has 0 radical (unpaired) electrons. The molecule has 14 heavy (non-hydrogen) atoms. The SMILES string of the molecule is CSC(C)(C)c1ncc(C)c(CO)n1. The molecule has 1 aromatic heterocycles. The molecule has 0 saturated heterocycles. The van der Waals surface area contributed by atoms with Crippen LogP contribution in [0.1, 0.15) is 30.9 Å². The van der Waals surface area contributed by atoms with Gasteiger partial charge in [0.25, 0.3) is 0 Å². The van der Waals surface area contributed by atoms with E-state index in [1.54, 1.807) is 18.0 Å². The number of thioether (sulfide) groups is 1. The van der Waals surface area contributed by atoms with E-state index in [0.717, 1.165) is 17.1 Å². The molecular weight excluding hydrogens is 196 g/mol. The molecule has 0 unspecified atom stereocenters. The minimum Gasteiger partial charge on any atom is -0.390 e. The first-order valence-corrected chi connectivity index (χ1v) is 5.72. The summed E-state index contributed by atoms with van der Waals surface area (Å²) in [5.41, 5.74) is 1.66. The molecule has 0 aliphatic rings. The predicted octanol–water partition coefficient (Wildman–Crippen LogP) is 1.88. The largest absolute Gasteiger partial charge is 0.390 e. The van der Waals surface area contributed by atoms with Gasteiger partial charge in [-0.1, -0.05) is 0 Å². The van der Waals surface area contributed by atoms with E-state index in [0.29, 0.717) is 0 Å². The van der Waals surface area contributed by atoms with Crippen LogP contribution in [0, 0.1) is 6.92 Å². The van der Waals surface area contributed by atoms with Gasteiger partial charge >= 0.3 is 0 Å². The van der Waals surface area contributed by atoms with Crippen LogP contribution < -0.4 is 0 Å². The Balaban J connectivity index is 3.12. The van der Waals surface area contributed by atoms with Gasteiger partial charge in [-0.15, -0.1) is 0 Å². The zero-order valence-corrected chi connectivity index (χ0v) is 9.85. The minimum atomic E-state index is -0.0996. The van der Waals surface area contributed by atoms with E-state index in [1.165, 1.54) is 0 Å². The highest BCUT2D eigenvalue weighted by Crippen LogP contribution is 2.30. The van der Waals surface area contributed by atoms with Crippen molar-refractivity contribution in [2.45, 2.75) is 32.1 Å². The average molecular weight is 212 g/mol. The Hall–Kier alpha value is -0.610. The molecule has 1 heterocycles. The molecule has 0 fully saturated rings. The van der Waals surface area contributed by atoms with Crippen molar-refractivity contribution < 1.29 is 5.11 Å². The van der Waals surface area contributed by atoms with E-state index < -0.39 is 0 Å². The average Bonchev–Trinajstić information content (AvgIpc) is 2.18. The molecule has 0 amide bonds. The third-order valence-electron chi connectivity index (χ3n) is 2.28. The summed E-state index contributed by atoms with van der Waals surface area (Å²) in [5, 5.41) is 9.08. The van der Waals surface area contributed by atoms with Gasteiger partial charge in [-0.25, -0.2) is 9.97 Å². The molecule has 0 aliphatic carbocycles. The van der Waals surface area contributed by atoms with Gasteiger partial charge in [0.2, 0.25) is 0 Å². The number of hydrogen-bond donors (Lipinski definition) is 1. The fourth-order valence-corrected chi connectivity index (χ4v) is 1.30. The van der Waals surface area contributed by atoms with Crippen molar-refractivity contribution in [1.82, 2.24) is 9.97 Å². The highest BCUT2D eigenvalue weighted by molar-refractivity contribution is 7.99. The van der Waals surface area contributed by atoms with Crippen LogP contribution in [0.15, 0.2) is 6.20 Å². The van der Waals surface area contributed by atoms with Crippen LogP contribution in [0.2, 0.25) is 0 Å². The Kier molecular flexibility index (Phi) is 3.50. The number of aliphatic hydroxyl groups excluding tert-OH is 1. The molecule has 0 aliphatic heterocycles. The highest BCUT2D eigenvalue weighted by atomic mass is 32.2. The van der Waals surface area contributed by atoms with Crippen molar-refractivity contribution in [2.24, 2.45) is 0 Å². The zero-order valence-electron chi connectivity index (χ0n) is 9.03. The van der Waals surface area contributed by atoms with Crippen LogP contribution in [0.4, 0.5) is 0 Å². The number of nitrogens with zero attached hydrogens (tertiary/aromatic N) is 2. The summed E-state index contributed by atoms with van der Waals surface area (Å²) in [6.07, 6.45) is 3.80. The summed E-state index contributed by atoms with van der Waals surface area (Å²) in [6.45, 7) is 6.03. The molecule has 1 aromatic rings. The standard InChI is InChI=1S/C10H16N2OS/c1-7-5-11-9(10(2,3)14-4)12-8(7)6-13/h5,13H,6H2,1-4H3. The molecular formula is C10H16N2OS. The van der Waals surface area contributed by atoms with Crippen molar-refractivity contribution in [2.75, 3.05) is 6.26 Å². The Morgan fingerprint density at radius 2 is 2.14 bits per heavy atom. The summed E-state index contributed by atoms with van der Waals surface area (Å²) >= 11 is 1.70. The second-order valence-electron chi connectivity index (χ2n) is 3.70. The molecule has 0 spiro atoms. The van der Waals surface area contributed by atoms with Crippen LogP contribution in [0.25, 0.3) is 0 Å². The monoisotopic (exact) mass is 212 g/mol. The maximum atomic E-state index is 9.08. The van der Waals surface area contributed by atoms with Gasteiger partial charge in [0, 0.05) is 6.20 Å². The summed E-state index contributed by atoms with van der Waals surface area (Å²) in [7, 11) is 0. The molecule has 0 atom stereocenters. The molecule has 1 rings (SSSR count). The Bertz CT molecular complexity index is 326. The number of aryl methyl sites for hydroxylation is 1. The lowest BCUT2D eigenvalue weighted by molar-refractivity contribution is 0.275. The Morgan fingerprint density at radius 1 is 1.50 bits per heavy atom. The first-order chi connectivity index (χ1) is 6.51. The zero-order chi connectivity index (χ0) is 10.8. The third-order valence-corrected chi connectivity index (χ3v) is 3.48. The van der Waals surface area contributed by atoms with Gasteiger partial charge in [0.1, 0.15) is 5.82 Å². The predicted molar refractivity (Wildman–Crippen MR) is 59.2 cm³/mol. The van der Waals surface area contributed by atoms with E-state index in [4.69, 9.17) is 5.11 Å². The molecule has 0 bridgehead atoms. The number of aliphatic hydroxyl groups is 1. The normalized spacial score (nSPS) is 11.8. The molecule has 4 heteroatoms. The molecule has 78 valence electrons. The number of rotatable bonds is 3. The first-order valence-electron chi connectivity index (χ1n) is 4.50. The lowest BCUT2D eigenvalue weighted by Gasteiger charge is -2.20. The van der Waals surface area contributed by atoms with Crippen LogP contribution in [0.5, 0.6) is 0 Å². The van der Waals surface area contributed by atoms with Crippen molar-refractivity contribution in [3.8, 4) is 0 Å². The topological polar surface area (TPSA) is 46.0 Å². The number of hydrogen-bond acceptors (Lipinski definition) is 4. The van der Waals surface area contributed by atoms with E-state index in [9.17, 15) is 0 Å². The summed E-state index contributed by atoms with van der Waals surface area (Å²) in [4.78, 5) is 8.64. The van der Waals surface area contributed by atoms with Crippen LogP contribution in [-0.4, -0.2) is 21.3 Å². The van der Waals surface area contributed by atoms with Gasteiger partial charge in [-0.05, 0) is 32.6 Å². The smallest absolute Gasteiger partial charge is 0.144 e. The fraction of sp³-hybridized carbons (Fsp3) is 0.600. The summed E-state index contributed by atoms with van der Waals surface area (Å²) in [6, 6.07) is 0. The lowest BCUT2D eigenvalue weighted by Crippen LogP contribution is -2.17. The van der Waals surface area contributed by atoms with Crippen molar-refractivity contribution in [1.29, 1.82) is 0 Å². The maximum Gasteiger partial charge on any atom is 0.144 e. The Morgan fingerprint density at radius 3 is 2.64 bits per heavy atom. The fourth-order valence-electron chi connectivity index (χ4n) is 1.02. The van der Waals surface area contributed by atoms with E-state index in [-0.39, 0.29) is 11.4 Å². The third kappa shape index (κ3) is 2.25. The second-order valence-corrected chi connectivity index (χ2v) is 5.12. The first kappa shape index (κ1) is 11.5. The van der Waals surface area contributed by atoms with Crippen LogP contribution in [-0.2, 0) is 11.4 Å². The lowest BCUT2D eigenvalue weighted by atomic mass is 10.1. The van der Waals surface area contributed by atoms with Gasteiger partial charge in [0.15, 0.2) is 0 Å². The van der Waals surface area contributed by atoms with Crippen LogP contribution >= 0.6 is 11.8 Å². The summed E-state index contributed by atoms with van der Waals surface area (Å²) < 4.78 is -0.0996. The number of aromatic nitrogens is 2. The van der Waals surface area contributed by atoms with Gasteiger partial charge in [-0.2, -0.15) is 11.8 Å². The van der Waals surface area contributed by atoms with E-state index in [2.05, 4.69) is 23.8 Å². The maximum absolute atomic E-state index is 9.08. The van der Waals surface area contributed by atoms with Crippen molar-refractivity contribution in [3.63, 3.8) is 0 Å². The molecule has 0 aromatic carbocycles.